The molecular formula is C19H19N5OS. The second-order valence-electron chi connectivity index (χ2n) is 6.38. The van der Waals surface area contributed by atoms with Crippen LogP contribution >= 0.6 is 11.8 Å². The molecule has 0 bridgehead atoms. The summed E-state index contributed by atoms with van der Waals surface area (Å²) in [5, 5.41) is 15.5. The number of carbonyl (C=O) groups is 1. The molecule has 1 saturated carbocycles. The number of anilines is 1. The molecule has 0 radical (unpaired) electrons. The summed E-state index contributed by atoms with van der Waals surface area (Å²) in [5.74, 6) is 0.0499. The number of tetrazole rings is 1. The molecule has 3 aromatic rings. The van der Waals surface area contributed by atoms with Crippen molar-refractivity contribution in [3.63, 3.8) is 0 Å². The normalized spacial score (nSPS) is 15.3. The van der Waals surface area contributed by atoms with Gasteiger partial charge in [-0.3, -0.25) is 4.79 Å². The van der Waals surface area contributed by atoms with E-state index in [1.54, 1.807) is 4.68 Å². The fourth-order valence-corrected chi connectivity index (χ4v) is 3.80. The number of nitrogens with one attached hydrogen (secondary N) is 1. The number of nitrogens with zero attached hydrogens (tertiary/aromatic N) is 4. The highest BCUT2D eigenvalue weighted by Crippen LogP contribution is 2.44. The molecule has 0 spiro atoms. The van der Waals surface area contributed by atoms with Crippen molar-refractivity contribution in [1.29, 1.82) is 0 Å². The van der Waals surface area contributed by atoms with E-state index in [0.717, 1.165) is 36.2 Å². The van der Waals surface area contributed by atoms with Crippen LogP contribution in [0.4, 0.5) is 5.69 Å². The van der Waals surface area contributed by atoms with Crippen molar-refractivity contribution in [2.45, 2.75) is 29.8 Å². The number of hydrogen-bond acceptors (Lipinski definition) is 5. The van der Waals surface area contributed by atoms with Crippen LogP contribution in [0.25, 0.3) is 5.69 Å². The number of rotatable bonds is 5. The van der Waals surface area contributed by atoms with Gasteiger partial charge in [-0.15, -0.1) is 5.10 Å². The predicted molar refractivity (Wildman–Crippen MR) is 102 cm³/mol. The Labute approximate surface area is 156 Å². The van der Waals surface area contributed by atoms with Crippen LogP contribution < -0.4 is 5.32 Å². The highest BCUT2D eigenvalue weighted by atomic mass is 32.2. The van der Waals surface area contributed by atoms with Crippen LogP contribution in [-0.2, 0) is 10.2 Å². The fourth-order valence-electron chi connectivity index (χ4n) is 3.37. The van der Waals surface area contributed by atoms with Crippen molar-refractivity contribution < 1.29 is 4.79 Å². The van der Waals surface area contributed by atoms with Gasteiger partial charge in [0.15, 0.2) is 0 Å². The van der Waals surface area contributed by atoms with Gasteiger partial charge in [0.1, 0.15) is 0 Å². The van der Waals surface area contributed by atoms with Crippen LogP contribution in [0.3, 0.4) is 0 Å². The maximum absolute atomic E-state index is 13.1. The van der Waals surface area contributed by atoms with Crippen LogP contribution in [0.5, 0.6) is 0 Å². The molecule has 0 atom stereocenters. The molecule has 4 rings (SSSR count). The molecule has 1 aromatic heterocycles. The number of aromatic nitrogens is 4. The van der Waals surface area contributed by atoms with Crippen molar-refractivity contribution in [1.82, 2.24) is 20.2 Å². The van der Waals surface area contributed by atoms with E-state index < -0.39 is 5.41 Å². The third kappa shape index (κ3) is 2.88. The largest absolute Gasteiger partial charge is 0.325 e. The first-order valence-electron chi connectivity index (χ1n) is 8.53. The molecule has 6 nitrogen and oxygen atoms in total. The van der Waals surface area contributed by atoms with Gasteiger partial charge in [-0.1, -0.05) is 54.6 Å². The molecule has 0 saturated heterocycles. The van der Waals surface area contributed by atoms with Gasteiger partial charge in [0, 0.05) is 5.69 Å². The van der Waals surface area contributed by atoms with Gasteiger partial charge in [0.25, 0.3) is 0 Å². The van der Waals surface area contributed by atoms with Crippen LogP contribution in [0.2, 0.25) is 0 Å². The highest BCUT2D eigenvalue weighted by molar-refractivity contribution is 7.98. The van der Waals surface area contributed by atoms with Crippen LogP contribution in [0.1, 0.15) is 24.8 Å². The minimum Gasteiger partial charge on any atom is -0.325 e. The van der Waals surface area contributed by atoms with E-state index in [9.17, 15) is 4.79 Å². The summed E-state index contributed by atoms with van der Waals surface area (Å²) in [6, 6.07) is 17.6. The highest BCUT2D eigenvalue weighted by Gasteiger charge is 2.45. The summed E-state index contributed by atoms with van der Waals surface area (Å²) in [6.45, 7) is 0. The van der Waals surface area contributed by atoms with Gasteiger partial charge in [-0.25, -0.2) is 0 Å². The topological polar surface area (TPSA) is 72.7 Å². The Morgan fingerprint density at radius 2 is 1.96 bits per heavy atom. The fraction of sp³-hybridized carbons (Fsp3) is 0.263. The van der Waals surface area contributed by atoms with Gasteiger partial charge in [-0.05, 0) is 53.3 Å². The summed E-state index contributed by atoms with van der Waals surface area (Å²) in [6.07, 6.45) is 4.76. The lowest BCUT2D eigenvalue weighted by atomic mass is 9.64. The first kappa shape index (κ1) is 16.8. The van der Waals surface area contributed by atoms with Crippen molar-refractivity contribution in [2.75, 3.05) is 11.6 Å². The monoisotopic (exact) mass is 365 g/mol. The van der Waals surface area contributed by atoms with Gasteiger partial charge < -0.3 is 5.32 Å². The molecule has 1 fully saturated rings. The SMILES string of the molecule is CSc1nnnn1-c1cccc(NC(=O)C2(c3ccccc3)CCC2)c1. The molecule has 7 heteroatoms. The van der Waals surface area contributed by atoms with E-state index in [0.29, 0.717) is 5.16 Å². The summed E-state index contributed by atoms with van der Waals surface area (Å²) < 4.78 is 1.66. The lowest BCUT2D eigenvalue weighted by Gasteiger charge is -2.40. The first-order chi connectivity index (χ1) is 12.7. The standard InChI is InChI=1S/C19H19N5OS/c1-26-18-21-22-23-24(18)16-10-5-9-15(13-16)20-17(25)19(11-6-12-19)14-7-3-2-4-8-14/h2-5,7-10,13H,6,11-12H2,1H3,(H,20,25). The van der Waals surface area contributed by atoms with Gasteiger partial charge >= 0.3 is 0 Å². The number of carbonyl (C=O) groups excluding carboxylic acids is 1. The quantitative estimate of drug-likeness (QED) is 0.701. The smallest absolute Gasteiger partial charge is 0.235 e. The van der Waals surface area contributed by atoms with Gasteiger partial charge in [-0.2, -0.15) is 4.68 Å². The maximum atomic E-state index is 13.1. The lowest BCUT2D eigenvalue weighted by molar-refractivity contribution is -0.124. The Balaban J connectivity index is 1.60. The van der Waals surface area contributed by atoms with E-state index in [1.165, 1.54) is 11.8 Å². The average molecular weight is 365 g/mol. The Hall–Kier alpha value is -2.67. The third-order valence-electron chi connectivity index (χ3n) is 4.94. The van der Waals surface area contributed by atoms with E-state index in [1.807, 2.05) is 60.9 Å². The number of hydrogen-bond donors (Lipinski definition) is 1. The molecular weight excluding hydrogens is 346 g/mol. The molecule has 132 valence electrons. The third-order valence-corrected chi connectivity index (χ3v) is 5.56. The molecule has 1 amide bonds. The maximum Gasteiger partial charge on any atom is 0.235 e. The molecule has 1 aliphatic carbocycles. The minimum atomic E-state index is -0.420. The second-order valence-corrected chi connectivity index (χ2v) is 7.16. The zero-order valence-corrected chi connectivity index (χ0v) is 15.2. The lowest BCUT2D eigenvalue weighted by Crippen LogP contribution is -2.45. The van der Waals surface area contributed by atoms with Crippen molar-refractivity contribution in [3.8, 4) is 5.69 Å². The van der Waals surface area contributed by atoms with Gasteiger partial charge in [0.2, 0.25) is 11.1 Å². The van der Waals surface area contributed by atoms with Crippen molar-refractivity contribution in [2.24, 2.45) is 0 Å². The second kappa shape index (κ2) is 6.92. The van der Waals surface area contributed by atoms with E-state index >= 15 is 0 Å². The van der Waals surface area contributed by atoms with E-state index in [2.05, 4.69) is 20.8 Å². The van der Waals surface area contributed by atoms with E-state index in [-0.39, 0.29) is 5.91 Å². The average Bonchev–Trinajstić information content (AvgIpc) is 3.11. The summed E-state index contributed by atoms with van der Waals surface area (Å²) >= 11 is 1.47. The molecule has 0 unspecified atom stereocenters. The Bertz CT molecular complexity index is 920. The molecule has 0 aliphatic heterocycles. The minimum absolute atomic E-state index is 0.0499. The summed E-state index contributed by atoms with van der Waals surface area (Å²) in [7, 11) is 0. The van der Waals surface area contributed by atoms with Crippen LogP contribution in [0.15, 0.2) is 59.8 Å². The number of benzene rings is 2. The number of amides is 1. The molecule has 1 heterocycles. The predicted octanol–water partition coefficient (Wildman–Crippen LogP) is 3.44. The van der Waals surface area contributed by atoms with Crippen LogP contribution in [-0.4, -0.2) is 32.4 Å². The molecule has 2 aromatic carbocycles. The van der Waals surface area contributed by atoms with Crippen molar-refractivity contribution >= 4 is 23.4 Å². The number of thioether (sulfide) groups is 1. The van der Waals surface area contributed by atoms with Gasteiger partial charge in [0.05, 0.1) is 11.1 Å². The van der Waals surface area contributed by atoms with E-state index in [4.69, 9.17) is 0 Å². The summed E-state index contributed by atoms with van der Waals surface area (Å²) in [5.41, 5.74) is 2.23. The Morgan fingerprint density at radius 1 is 1.15 bits per heavy atom. The Kier molecular flexibility index (Phi) is 4.46. The zero-order chi connectivity index (χ0) is 18.0. The first-order valence-corrected chi connectivity index (χ1v) is 9.75. The molecule has 1 N–H and O–H groups in total. The van der Waals surface area contributed by atoms with Crippen LogP contribution in [0, 0.1) is 0 Å². The molecule has 1 aliphatic rings. The Morgan fingerprint density at radius 3 is 2.65 bits per heavy atom. The zero-order valence-electron chi connectivity index (χ0n) is 14.4. The van der Waals surface area contributed by atoms with Crippen molar-refractivity contribution in [3.05, 3.63) is 60.2 Å². The summed E-state index contributed by atoms with van der Waals surface area (Å²) in [4.78, 5) is 13.1. The molecule has 26 heavy (non-hydrogen) atoms.